The summed E-state index contributed by atoms with van der Waals surface area (Å²) in [5.74, 6) is 1.97. The Labute approximate surface area is 172 Å². The molecule has 0 amide bonds. The minimum atomic E-state index is -0.0882. The molecule has 0 atom stereocenters. The summed E-state index contributed by atoms with van der Waals surface area (Å²) in [5, 5.41) is 0. The number of benzene rings is 2. The van der Waals surface area contributed by atoms with Crippen LogP contribution in [-0.4, -0.2) is 33.7 Å². The molecule has 6 nitrogen and oxygen atoms in total. The van der Waals surface area contributed by atoms with Gasteiger partial charge in [-0.3, -0.25) is 4.79 Å². The maximum atomic E-state index is 13.2. The first-order valence-corrected chi connectivity index (χ1v) is 9.44. The molecule has 0 aliphatic carbocycles. The van der Waals surface area contributed by atoms with Crippen molar-refractivity contribution in [3.63, 3.8) is 0 Å². The summed E-state index contributed by atoms with van der Waals surface area (Å²) < 4.78 is 21.7. The molecule has 6 heteroatoms. The van der Waals surface area contributed by atoms with E-state index in [9.17, 15) is 4.79 Å². The summed E-state index contributed by atoms with van der Waals surface area (Å²) in [5.41, 5.74) is 8.38. The van der Waals surface area contributed by atoms with Crippen molar-refractivity contribution in [2.45, 2.75) is 20.8 Å². The van der Waals surface area contributed by atoms with E-state index in [1.54, 1.807) is 39.5 Å². The number of carbonyl (C=O) groups excluding carboxylic acids is 1. The van der Waals surface area contributed by atoms with Crippen molar-refractivity contribution in [1.29, 1.82) is 0 Å². The number of rotatable bonds is 9. The van der Waals surface area contributed by atoms with E-state index in [-0.39, 0.29) is 11.7 Å². The van der Waals surface area contributed by atoms with Gasteiger partial charge in [-0.15, -0.1) is 0 Å². The lowest BCUT2D eigenvalue weighted by Crippen LogP contribution is -2.10. The molecule has 0 aromatic heterocycles. The van der Waals surface area contributed by atoms with Gasteiger partial charge in [-0.25, -0.2) is 0 Å². The third kappa shape index (κ3) is 5.02. The Morgan fingerprint density at radius 1 is 1.00 bits per heavy atom. The number of nitrogens with two attached hydrogens (primary N) is 1. The second-order valence-electron chi connectivity index (χ2n) is 6.73. The fourth-order valence-electron chi connectivity index (χ4n) is 2.98. The van der Waals surface area contributed by atoms with E-state index in [2.05, 4.69) is 0 Å². The minimum absolute atomic E-state index is 0.00492. The molecule has 2 aromatic carbocycles. The van der Waals surface area contributed by atoms with Gasteiger partial charge < -0.3 is 24.7 Å². The second-order valence-corrected chi connectivity index (χ2v) is 6.73. The molecule has 0 aliphatic rings. The van der Waals surface area contributed by atoms with Crippen LogP contribution in [0.3, 0.4) is 0 Å². The minimum Gasteiger partial charge on any atom is -0.493 e. The fourth-order valence-corrected chi connectivity index (χ4v) is 2.98. The van der Waals surface area contributed by atoms with Crippen LogP contribution in [-0.2, 0) is 0 Å². The van der Waals surface area contributed by atoms with Crippen molar-refractivity contribution < 1.29 is 23.7 Å². The summed E-state index contributed by atoms with van der Waals surface area (Å²) in [6, 6.07) is 8.71. The van der Waals surface area contributed by atoms with E-state index in [4.69, 9.17) is 24.7 Å². The first-order chi connectivity index (χ1) is 13.9. The first kappa shape index (κ1) is 22.1. The Kier molecular flexibility index (Phi) is 7.53. The zero-order valence-electron chi connectivity index (χ0n) is 17.9. The predicted octanol–water partition coefficient (Wildman–Crippen LogP) is 4.62. The smallest absolute Gasteiger partial charge is 0.203 e. The molecule has 0 bridgehead atoms. The highest BCUT2D eigenvalue weighted by molar-refractivity contribution is 6.12. The van der Waals surface area contributed by atoms with E-state index in [1.807, 2.05) is 39.0 Å². The van der Waals surface area contributed by atoms with E-state index >= 15 is 0 Å². The highest BCUT2D eigenvalue weighted by Gasteiger charge is 2.19. The van der Waals surface area contributed by atoms with Crippen molar-refractivity contribution in [3.8, 4) is 23.0 Å². The number of hydrogen-bond donors (Lipinski definition) is 1. The molecule has 0 unspecified atom stereocenters. The third-order valence-electron chi connectivity index (χ3n) is 4.47. The number of ether oxygens (including phenoxy) is 4. The Morgan fingerprint density at radius 3 is 2.10 bits per heavy atom. The molecular formula is C23H29NO5. The highest BCUT2D eigenvalue weighted by Crippen LogP contribution is 2.39. The number of hydrogen-bond acceptors (Lipinski definition) is 6. The number of nitrogen functional groups attached to an aromatic ring is 1. The van der Waals surface area contributed by atoms with Gasteiger partial charge in [0.2, 0.25) is 5.75 Å². The SMILES string of the molecule is CCOc1cc(C(=O)/C(=C/c2cc(OC)c(OC)c(OC)c2)C(C)C)ccc1N. The second kappa shape index (κ2) is 9.87. The van der Waals surface area contributed by atoms with Crippen LogP contribution in [0.5, 0.6) is 23.0 Å². The molecule has 0 radical (unpaired) electrons. The van der Waals surface area contributed by atoms with Crippen LogP contribution >= 0.6 is 0 Å². The van der Waals surface area contributed by atoms with Crippen LogP contribution in [0.15, 0.2) is 35.9 Å². The molecule has 0 fully saturated rings. The number of anilines is 1. The van der Waals surface area contributed by atoms with E-state index < -0.39 is 0 Å². The number of ketones is 1. The molecular weight excluding hydrogens is 370 g/mol. The van der Waals surface area contributed by atoms with Crippen LogP contribution < -0.4 is 24.7 Å². The van der Waals surface area contributed by atoms with Gasteiger partial charge in [0.05, 0.1) is 33.6 Å². The van der Waals surface area contributed by atoms with Gasteiger partial charge in [0.15, 0.2) is 17.3 Å². The van der Waals surface area contributed by atoms with E-state index in [0.29, 0.717) is 46.4 Å². The zero-order valence-corrected chi connectivity index (χ0v) is 17.9. The molecule has 0 spiro atoms. The average Bonchev–Trinajstić information content (AvgIpc) is 2.72. The van der Waals surface area contributed by atoms with Crippen molar-refractivity contribution in [3.05, 3.63) is 47.0 Å². The van der Waals surface area contributed by atoms with Crippen LogP contribution in [0, 0.1) is 5.92 Å². The normalized spacial score (nSPS) is 11.3. The van der Waals surface area contributed by atoms with Gasteiger partial charge in [-0.1, -0.05) is 13.8 Å². The summed E-state index contributed by atoms with van der Waals surface area (Å²) in [6.07, 6.45) is 1.84. The van der Waals surface area contributed by atoms with E-state index in [0.717, 1.165) is 5.56 Å². The van der Waals surface area contributed by atoms with Gasteiger partial charge >= 0.3 is 0 Å². The van der Waals surface area contributed by atoms with Crippen LogP contribution in [0.2, 0.25) is 0 Å². The lowest BCUT2D eigenvalue weighted by molar-refractivity contribution is 0.102. The lowest BCUT2D eigenvalue weighted by Gasteiger charge is -2.15. The molecule has 2 aromatic rings. The Morgan fingerprint density at radius 2 is 1.62 bits per heavy atom. The van der Waals surface area contributed by atoms with Crippen LogP contribution in [0.4, 0.5) is 5.69 Å². The van der Waals surface area contributed by atoms with Crippen molar-refractivity contribution in [1.82, 2.24) is 0 Å². The molecule has 2 rings (SSSR count). The summed E-state index contributed by atoms with van der Waals surface area (Å²) in [6.45, 7) is 6.29. The maximum Gasteiger partial charge on any atom is 0.203 e. The van der Waals surface area contributed by atoms with Crippen molar-refractivity contribution in [2.24, 2.45) is 5.92 Å². The number of allylic oxidation sites excluding steroid dienone is 1. The quantitative estimate of drug-likeness (QED) is 0.377. The van der Waals surface area contributed by atoms with Gasteiger partial charge in [0.25, 0.3) is 0 Å². The Hall–Kier alpha value is -3.15. The van der Waals surface area contributed by atoms with Crippen LogP contribution in [0.1, 0.15) is 36.7 Å². The molecule has 0 heterocycles. The highest BCUT2D eigenvalue weighted by atomic mass is 16.5. The number of Topliss-reactive ketones (excluding diaryl/α,β-unsaturated/α-hetero) is 1. The largest absolute Gasteiger partial charge is 0.493 e. The van der Waals surface area contributed by atoms with Gasteiger partial charge in [-0.05, 0) is 54.8 Å². The Balaban J connectivity index is 2.53. The third-order valence-corrected chi connectivity index (χ3v) is 4.47. The van der Waals surface area contributed by atoms with E-state index in [1.165, 1.54) is 0 Å². The monoisotopic (exact) mass is 399 g/mol. The van der Waals surface area contributed by atoms with Gasteiger partial charge in [0.1, 0.15) is 5.75 Å². The van der Waals surface area contributed by atoms with Gasteiger partial charge in [0, 0.05) is 11.1 Å². The molecule has 156 valence electrons. The maximum absolute atomic E-state index is 13.2. The molecule has 2 N–H and O–H groups in total. The van der Waals surface area contributed by atoms with Crippen LogP contribution in [0.25, 0.3) is 6.08 Å². The summed E-state index contributed by atoms with van der Waals surface area (Å²) >= 11 is 0. The van der Waals surface area contributed by atoms with Crippen molar-refractivity contribution in [2.75, 3.05) is 33.7 Å². The predicted molar refractivity (Wildman–Crippen MR) is 115 cm³/mol. The van der Waals surface area contributed by atoms with Gasteiger partial charge in [-0.2, -0.15) is 0 Å². The Bertz CT molecular complexity index is 877. The zero-order chi connectivity index (χ0) is 21.6. The molecule has 0 saturated heterocycles. The average molecular weight is 399 g/mol. The molecule has 0 saturated carbocycles. The van der Waals surface area contributed by atoms with Crippen molar-refractivity contribution >= 4 is 17.5 Å². The molecule has 0 aliphatic heterocycles. The first-order valence-electron chi connectivity index (χ1n) is 9.44. The standard InChI is InChI=1S/C23H29NO5/c1-7-29-19-13-16(8-9-18(19)24)22(25)17(14(2)3)10-15-11-20(26-4)23(28-6)21(12-15)27-5/h8-14H,7,24H2,1-6H3/b17-10+. The summed E-state index contributed by atoms with van der Waals surface area (Å²) in [7, 11) is 4.67. The topological polar surface area (TPSA) is 80.0 Å². The number of methoxy groups -OCH3 is 3. The fraction of sp³-hybridized carbons (Fsp3) is 0.348. The number of carbonyl (C=O) groups is 1. The lowest BCUT2D eigenvalue weighted by atomic mass is 9.92. The molecule has 29 heavy (non-hydrogen) atoms. The summed E-state index contributed by atoms with van der Waals surface area (Å²) in [4.78, 5) is 13.2.